The first-order valence-electron chi connectivity index (χ1n) is 5.23. The van der Waals surface area contributed by atoms with Gasteiger partial charge in [-0.25, -0.2) is 4.79 Å². The van der Waals surface area contributed by atoms with E-state index in [1.807, 2.05) is 13.0 Å². The molecule has 0 heterocycles. The molecule has 0 aliphatic heterocycles. The van der Waals surface area contributed by atoms with Crippen LogP contribution in [0.2, 0.25) is 0 Å². The van der Waals surface area contributed by atoms with Crippen molar-refractivity contribution in [2.45, 2.75) is 32.3 Å². The minimum Gasteiger partial charge on any atom is -0.490 e. The van der Waals surface area contributed by atoms with Crippen LogP contribution in [0.5, 0.6) is 5.75 Å². The Balaban J connectivity index is 2.28. The van der Waals surface area contributed by atoms with Gasteiger partial charge in [0.05, 0.1) is 11.7 Å². The van der Waals surface area contributed by atoms with Crippen molar-refractivity contribution in [2.24, 2.45) is 0 Å². The molecule has 1 fully saturated rings. The molecule has 80 valence electrons. The van der Waals surface area contributed by atoms with Gasteiger partial charge in [-0.05, 0) is 37.0 Å². The summed E-state index contributed by atoms with van der Waals surface area (Å²) in [6.07, 6.45) is 3.34. The van der Waals surface area contributed by atoms with Crippen LogP contribution in [0.3, 0.4) is 0 Å². The second-order valence-corrected chi connectivity index (χ2v) is 3.80. The predicted octanol–water partition coefficient (Wildman–Crippen LogP) is 2.49. The van der Waals surface area contributed by atoms with Crippen LogP contribution >= 0.6 is 0 Å². The highest BCUT2D eigenvalue weighted by Crippen LogP contribution is 2.30. The fourth-order valence-electron chi connectivity index (χ4n) is 1.45. The molecule has 0 unspecified atom stereocenters. The minimum atomic E-state index is -0.904. The van der Waals surface area contributed by atoms with Crippen molar-refractivity contribution in [1.29, 1.82) is 0 Å². The van der Waals surface area contributed by atoms with Crippen molar-refractivity contribution in [3.05, 3.63) is 29.3 Å². The predicted molar refractivity (Wildman–Crippen MR) is 56.4 cm³/mol. The number of aryl methyl sites for hydroxylation is 1. The zero-order chi connectivity index (χ0) is 10.8. The number of rotatable bonds is 4. The van der Waals surface area contributed by atoms with E-state index in [2.05, 4.69) is 0 Å². The van der Waals surface area contributed by atoms with Gasteiger partial charge in [-0.3, -0.25) is 0 Å². The van der Waals surface area contributed by atoms with E-state index in [4.69, 9.17) is 9.84 Å². The van der Waals surface area contributed by atoms with Crippen LogP contribution in [0.15, 0.2) is 18.2 Å². The van der Waals surface area contributed by atoms with E-state index in [1.165, 1.54) is 0 Å². The van der Waals surface area contributed by atoms with E-state index in [0.29, 0.717) is 11.7 Å². The van der Waals surface area contributed by atoms with Gasteiger partial charge >= 0.3 is 5.97 Å². The van der Waals surface area contributed by atoms with Gasteiger partial charge < -0.3 is 9.84 Å². The first-order chi connectivity index (χ1) is 7.20. The van der Waals surface area contributed by atoms with Crippen LogP contribution < -0.4 is 4.74 Å². The second-order valence-electron chi connectivity index (χ2n) is 3.80. The Bertz CT molecular complexity index is 380. The number of carbonyl (C=O) groups is 1. The van der Waals surface area contributed by atoms with Gasteiger partial charge in [-0.15, -0.1) is 0 Å². The molecule has 1 aromatic rings. The maximum Gasteiger partial charge on any atom is 0.335 e. The number of aromatic carboxylic acids is 1. The molecule has 1 saturated carbocycles. The summed E-state index contributed by atoms with van der Waals surface area (Å²) in [5.41, 5.74) is 1.37. The summed E-state index contributed by atoms with van der Waals surface area (Å²) in [7, 11) is 0. The van der Waals surface area contributed by atoms with E-state index in [9.17, 15) is 4.79 Å². The van der Waals surface area contributed by atoms with Gasteiger partial charge in [0.1, 0.15) is 5.75 Å². The summed E-state index contributed by atoms with van der Waals surface area (Å²) >= 11 is 0. The highest BCUT2D eigenvalue weighted by atomic mass is 16.5. The van der Waals surface area contributed by atoms with Gasteiger partial charge in [-0.1, -0.05) is 13.0 Å². The highest BCUT2D eigenvalue weighted by molar-refractivity contribution is 5.88. The molecular weight excluding hydrogens is 192 g/mol. The molecule has 2 rings (SSSR count). The smallest absolute Gasteiger partial charge is 0.335 e. The molecule has 3 heteroatoms. The van der Waals surface area contributed by atoms with Gasteiger partial charge in [0.15, 0.2) is 0 Å². The fourth-order valence-corrected chi connectivity index (χ4v) is 1.45. The summed E-state index contributed by atoms with van der Waals surface area (Å²) in [5, 5.41) is 8.87. The monoisotopic (exact) mass is 206 g/mol. The first-order valence-corrected chi connectivity index (χ1v) is 5.23. The van der Waals surface area contributed by atoms with Crippen LogP contribution in [0.1, 0.15) is 35.7 Å². The van der Waals surface area contributed by atoms with Crippen molar-refractivity contribution < 1.29 is 14.6 Å². The minimum absolute atomic E-state index is 0.294. The molecule has 15 heavy (non-hydrogen) atoms. The fraction of sp³-hybridized carbons (Fsp3) is 0.417. The van der Waals surface area contributed by atoms with E-state index < -0.39 is 5.97 Å². The number of carboxylic acids is 1. The lowest BCUT2D eigenvalue weighted by atomic mass is 10.1. The number of ether oxygens (including phenoxy) is 1. The van der Waals surface area contributed by atoms with Crippen molar-refractivity contribution in [2.75, 3.05) is 0 Å². The van der Waals surface area contributed by atoms with Crippen LogP contribution in [-0.4, -0.2) is 17.2 Å². The molecule has 1 N–H and O–H groups in total. The molecule has 0 spiro atoms. The van der Waals surface area contributed by atoms with E-state index in [0.717, 1.165) is 30.6 Å². The van der Waals surface area contributed by atoms with E-state index in [-0.39, 0.29) is 0 Å². The third-order valence-electron chi connectivity index (χ3n) is 2.51. The SMILES string of the molecule is CCc1ccc(C(=O)O)cc1OC1CC1. The lowest BCUT2D eigenvalue weighted by molar-refractivity contribution is 0.0696. The Kier molecular flexibility index (Phi) is 2.62. The molecule has 0 saturated heterocycles. The molecular formula is C12H14O3. The zero-order valence-corrected chi connectivity index (χ0v) is 8.69. The van der Waals surface area contributed by atoms with Crippen LogP contribution in [0, 0.1) is 0 Å². The summed E-state index contributed by atoms with van der Waals surface area (Å²) in [4.78, 5) is 10.8. The summed E-state index contributed by atoms with van der Waals surface area (Å²) in [5.74, 6) is -0.168. The lowest BCUT2D eigenvalue weighted by Crippen LogP contribution is -2.03. The van der Waals surface area contributed by atoms with Crippen LogP contribution in [-0.2, 0) is 6.42 Å². The van der Waals surface area contributed by atoms with E-state index >= 15 is 0 Å². The average Bonchev–Trinajstić information content (AvgIpc) is 3.01. The standard InChI is InChI=1S/C12H14O3/c1-2-8-3-4-9(12(13)14)7-11(8)15-10-5-6-10/h3-4,7,10H,2,5-6H2,1H3,(H,13,14). The Morgan fingerprint density at radius 1 is 1.53 bits per heavy atom. The maximum absolute atomic E-state index is 10.8. The van der Waals surface area contributed by atoms with Crippen molar-refractivity contribution in [3.63, 3.8) is 0 Å². The zero-order valence-electron chi connectivity index (χ0n) is 8.69. The van der Waals surface area contributed by atoms with Gasteiger partial charge in [0.2, 0.25) is 0 Å². The average molecular weight is 206 g/mol. The Morgan fingerprint density at radius 2 is 2.27 bits per heavy atom. The molecule has 3 nitrogen and oxygen atoms in total. The number of carboxylic acid groups (broad SMARTS) is 1. The van der Waals surface area contributed by atoms with Crippen molar-refractivity contribution in [3.8, 4) is 5.75 Å². The van der Waals surface area contributed by atoms with Crippen LogP contribution in [0.4, 0.5) is 0 Å². The first kappa shape index (κ1) is 10.0. The molecule has 0 amide bonds. The van der Waals surface area contributed by atoms with Crippen molar-refractivity contribution in [1.82, 2.24) is 0 Å². The third-order valence-corrected chi connectivity index (χ3v) is 2.51. The molecule has 0 aromatic heterocycles. The quantitative estimate of drug-likeness (QED) is 0.823. The second kappa shape index (κ2) is 3.93. The molecule has 0 bridgehead atoms. The molecule has 0 radical (unpaired) electrons. The molecule has 1 aliphatic rings. The third kappa shape index (κ3) is 2.29. The number of hydrogen-bond donors (Lipinski definition) is 1. The topological polar surface area (TPSA) is 46.5 Å². The number of hydrogen-bond acceptors (Lipinski definition) is 2. The lowest BCUT2D eigenvalue weighted by Gasteiger charge is -2.10. The summed E-state index contributed by atoms with van der Waals surface area (Å²) in [6.45, 7) is 2.04. The van der Waals surface area contributed by atoms with Crippen molar-refractivity contribution >= 4 is 5.97 Å². The normalized spacial score (nSPS) is 15.0. The van der Waals surface area contributed by atoms with Gasteiger partial charge in [-0.2, -0.15) is 0 Å². The molecule has 1 aliphatic carbocycles. The molecule has 1 aromatic carbocycles. The Hall–Kier alpha value is -1.51. The maximum atomic E-state index is 10.8. The highest BCUT2D eigenvalue weighted by Gasteiger charge is 2.24. The Labute approximate surface area is 88.7 Å². The van der Waals surface area contributed by atoms with E-state index in [1.54, 1.807) is 12.1 Å². The number of benzene rings is 1. The summed E-state index contributed by atoms with van der Waals surface area (Å²) < 4.78 is 5.67. The Morgan fingerprint density at radius 3 is 2.80 bits per heavy atom. The summed E-state index contributed by atoms with van der Waals surface area (Å²) in [6, 6.07) is 5.08. The van der Waals surface area contributed by atoms with Gasteiger partial charge in [0, 0.05) is 0 Å². The largest absolute Gasteiger partial charge is 0.490 e. The van der Waals surface area contributed by atoms with Gasteiger partial charge in [0.25, 0.3) is 0 Å². The van der Waals surface area contributed by atoms with Crippen LogP contribution in [0.25, 0.3) is 0 Å². The molecule has 0 atom stereocenters.